The zero-order valence-electron chi connectivity index (χ0n) is 14.5. The van der Waals surface area contributed by atoms with Crippen molar-refractivity contribution in [3.63, 3.8) is 0 Å². The first-order chi connectivity index (χ1) is 12.4. The minimum atomic E-state index is -0.543. The highest BCUT2D eigenvalue weighted by Gasteiger charge is 2.32. The Hall–Kier alpha value is -2.19. The molecule has 0 bridgehead atoms. The molecule has 2 amide bonds. The van der Waals surface area contributed by atoms with Gasteiger partial charge in [-0.05, 0) is 49.8 Å². The van der Waals surface area contributed by atoms with E-state index >= 15 is 0 Å². The summed E-state index contributed by atoms with van der Waals surface area (Å²) in [5.41, 5.74) is 0.592. The van der Waals surface area contributed by atoms with Crippen LogP contribution in [0.5, 0.6) is 11.5 Å². The lowest BCUT2D eigenvalue weighted by Crippen LogP contribution is -2.53. The van der Waals surface area contributed by atoms with Crippen molar-refractivity contribution in [2.45, 2.75) is 13.8 Å². The summed E-state index contributed by atoms with van der Waals surface area (Å²) in [5, 5.41) is 2.58. The Bertz CT molecular complexity index is 792. The van der Waals surface area contributed by atoms with Crippen LogP contribution in [0.3, 0.4) is 0 Å². The topological polar surface area (TPSA) is 67.9 Å². The lowest BCUT2D eigenvalue weighted by molar-refractivity contribution is -0.128. The molecule has 1 saturated heterocycles. The molecule has 6 nitrogen and oxygen atoms in total. The number of ether oxygens (including phenoxy) is 2. The number of nitrogens with zero attached hydrogens (tertiary/aromatic N) is 1. The van der Waals surface area contributed by atoms with E-state index in [9.17, 15) is 9.59 Å². The van der Waals surface area contributed by atoms with Gasteiger partial charge in [0.25, 0.3) is 11.8 Å². The SMILES string of the molecule is C=CCN1C(=O)/C(=C/c2cc(OCC)c(OCC)cc2Br)C(=O)NC1=S. The van der Waals surface area contributed by atoms with Crippen LogP contribution in [0.15, 0.2) is 34.8 Å². The third-order valence-electron chi connectivity index (χ3n) is 3.46. The minimum absolute atomic E-state index is 0.0206. The van der Waals surface area contributed by atoms with Gasteiger partial charge in [-0.15, -0.1) is 6.58 Å². The van der Waals surface area contributed by atoms with Crippen LogP contribution in [-0.4, -0.2) is 41.6 Å². The monoisotopic (exact) mass is 438 g/mol. The molecule has 1 heterocycles. The fourth-order valence-electron chi connectivity index (χ4n) is 2.34. The number of benzene rings is 1. The van der Waals surface area contributed by atoms with Crippen LogP contribution in [0.25, 0.3) is 6.08 Å². The Kier molecular flexibility index (Phi) is 6.93. The van der Waals surface area contributed by atoms with Gasteiger partial charge in [-0.25, -0.2) is 0 Å². The lowest BCUT2D eigenvalue weighted by atomic mass is 10.1. The maximum absolute atomic E-state index is 12.6. The third-order valence-corrected chi connectivity index (χ3v) is 4.47. The predicted molar refractivity (Wildman–Crippen MR) is 107 cm³/mol. The summed E-state index contributed by atoms with van der Waals surface area (Å²) >= 11 is 8.49. The second-order valence-electron chi connectivity index (χ2n) is 5.21. The van der Waals surface area contributed by atoms with Crippen LogP contribution in [-0.2, 0) is 9.59 Å². The summed E-state index contributed by atoms with van der Waals surface area (Å²) in [7, 11) is 0. The molecular weight excluding hydrogens is 420 g/mol. The molecule has 1 aromatic carbocycles. The summed E-state index contributed by atoms with van der Waals surface area (Å²) < 4.78 is 11.8. The second kappa shape index (κ2) is 8.95. The van der Waals surface area contributed by atoms with Gasteiger partial charge >= 0.3 is 0 Å². The molecule has 1 aliphatic rings. The molecule has 0 unspecified atom stereocenters. The van der Waals surface area contributed by atoms with E-state index < -0.39 is 11.8 Å². The smallest absolute Gasteiger partial charge is 0.265 e. The maximum atomic E-state index is 12.6. The van der Waals surface area contributed by atoms with Gasteiger partial charge in [0.1, 0.15) is 5.57 Å². The van der Waals surface area contributed by atoms with Gasteiger partial charge in [0.2, 0.25) is 0 Å². The molecule has 26 heavy (non-hydrogen) atoms. The van der Waals surface area contributed by atoms with Crippen molar-refractivity contribution in [1.29, 1.82) is 0 Å². The van der Waals surface area contributed by atoms with Crippen LogP contribution < -0.4 is 14.8 Å². The highest BCUT2D eigenvalue weighted by molar-refractivity contribution is 9.10. The number of amides is 2. The Balaban J connectivity index is 2.48. The van der Waals surface area contributed by atoms with Gasteiger partial charge in [-0.3, -0.25) is 19.8 Å². The van der Waals surface area contributed by atoms with Crippen LogP contribution in [0, 0.1) is 0 Å². The van der Waals surface area contributed by atoms with Crippen molar-refractivity contribution in [3.05, 3.63) is 40.4 Å². The van der Waals surface area contributed by atoms with Crippen LogP contribution in [0.1, 0.15) is 19.4 Å². The standard InChI is InChI=1S/C18H19BrN2O4S/c1-4-7-21-17(23)12(16(22)20-18(21)26)8-11-9-14(24-5-2)15(25-6-3)10-13(11)19/h4,8-10H,1,5-7H2,2-3H3,(H,20,22,26)/b12-8+. The van der Waals surface area contributed by atoms with Gasteiger partial charge in [0.05, 0.1) is 13.2 Å². The Morgan fingerprint density at radius 3 is 2.42 bits per heavy atom. The molecule has 1 fully saturated rings. The van der Waals surface area contributed by atoms with Gasteiger partial charge in [0, 0.05) is 11.0 Å². The first-order valence-corrected chi connectivity index (χ1v) is 9.21. The quantitative estimate of drug-likeness (QED) is 0.306. The van der Waals surface area contributed by atoms with E-state index in [1.165, 1.54) is 11.0 Å². The number of hydrogen-bond donors (Lipinski definition) is 1. The molecular formula is C18H19BrN2O4S. The predicted octanol–water partition coefficient (Wildman–Crippen LogP) is 3.06. The van der Waals surface area contributed by atoms with Crippen molar-refractivity contribution in [3.8, 4) is 11.5 Å². The fourth-order valence-corrected chi connectivity index (χ4v) is 3.03. The minimum Gasteiger partial charge on any atom is -0.490 e. The van der Waals surface area contributed by atoms with E-state index in [2.05, 4.69) is 27.8 Å². The molecule has 1 N–H and O–H groups in total. The van der Waals surface area contributed by atoms with E-state index in [4.69, 9.17) is 21.7 Å². The molecule has 8 heteroatoms. The summed E-state index contributed by atoms with van der Waals surface area (Å²) in [5.74, 6) is 0.0974. The zero-order chi connectivity index (χ0) is 19.3. The molecule has 1 aromatic rings. The molecule has 0 aromatic heterocycles. The molecule has 0 radical (unpaired) electrons. The molecule has 2 rings (SSSR count). The van der Waals surface area contributed by atoms with Crippen molar-refractivity contribution >= 4 is 51.2 Å². The number of halogens is 1. The number of rotatable bonds is 7. The molecule has 0 atom stereocenters. The fraction of sp³-hybridized carbons (Fsp3) is 0.278. The summed E-state index contributed by atoms with van der Waals surface area (Å²) in [6.45, 7) is 8.50. The van der Waals surface area contributed by atoms with E-state index in [1.807, 2.05) is 13.8 Å². The first kappa shape index (κ1) is 20.1. The van der Waals surface area contributed by atoms with Gasteiger partial charge in [-0.1, -0.05) is 22.0 Å². The van der Waals surface area contributed by atoms with E-state index in [0.29, 0.717) is 34.7 Å². The zero-order valence-corrected chi connectivity index (χ0v) is 16.9. The van der Waals surface area contributed by atoms with Gasteiger partial charge < -0.3 is 9.47 Å². The maximum Gasteiger partial charge on any atom is 0.265 e. The number of nitrogens with one attached hydrogen (secondary N) is 1. The van der Waals surface area contributed by atoms with Gasteiger partial charge in [0.15, 0.2) is 16.6 Å². The first-order valence-electron chi connectivity index (χ1n) is 8.01. The Morgan fingerprint density at radius 1 is 1.23 bits per heavy atom. The molecule has 0 saturated carbocycles. The summed E-state index contributed by atoms with van der Waals surface area (Å²) in [6.07, 6.45) is 3.04. The molecule has 0 aliphatic carbocycles. The largest absolute Gasteiger partial charge is 0.490 e. The van der Waals surface area contributed by atoms with Crippen molar-refractivity contribution in [2.75, 3.05) is 19.8 Å². The number of carbonyl (C=O) groups excluding carboxylic acids is 2. The highest BCUT2D eigenvalue weighted by atomic mass is 79.9. The summed E-state index contributed by atoms with van der Waals surface area (Å²) in [6, 6.07) is 3.47. The van der Waals surface area contributed by atoms with Crippen molar-refractivity contribution < 1.29 is 19.1 Å². The number of hydrogen-bond acceptors (Lipinski definition) is 5. The normalized spacial score (nSPS) is 15.9. The van der Waals surface area contributed by atoms with Crippen LogP contribution in [0.4, 0.5) is 0 Å². The van der Waals surface area contributed by atoms with Crippen LogP contribution in [0.2, 0.25) is 0 Å². The highest BCUT2D eigenvalue weighted by Crippen LogP contribution is 2.35. The summed E-state index contributed by atoms with van der Waals surface area (Å²) in [4.78, 5) is 26.2. The number of carbonyl (C=O) groups is 2. The van der Waals surface area contributed by atoms with Crippen molar-refractivity contribution in [2.24, 2.45) is 0 Å². The average Bonchev–Trinajstić information content (AvgIpc) is 2.59. The van der Waals surface area contributed by atoms with Crippen LogP contribution >= 0.6 is 28.1 Å². The van der Waals surface area contributed by atoms with E-state index in [-0.39, 0.29) is 17.2 Å². The molecule has 0 spiro atoms. The number of thiocarbonyl (C=S) groups is 1. The Morgan fingerprint density at radius 2 is 1.85 bits per heavy atom. The molecule has 138 valence electrons. The Labute approximate surface area is 166 Å². The van der Waals surface area contributed by atoms with E-state index in [0.717, 1.165) is 0 Å². The molecule has 1 aliphatic heterocycles. The second-order valence-corrected chi connectivity index (χ2v) is 6.45. The van der Waals surface area contributed by atoms with Crippen molar-refractivity contribution in [1.82, 2.24) is 10.2 Å². The van der Waals surface area contributed by atoms with E-state index in [1.54, 1.807) is 18.2 Å². The lowest BCUT2D eigenvalue weighted by Gasteiger charge is -2.27. The average molecular weight is 439 g/mol. The van der Waals surface area contributed by atoms with Gasteiger partial charge in [-0.2, -0.15) is 0 Å². The third kappa shape index (κ3) is 4.31.